The number of benzene rings is 2. The molecule has 0 aliphatic heterocycles. The number of nitrogens with two attached hydrogens (primary N) is 1. The lowest BCUT2D eigenvalue weighted by molar-refractivity contribution is 0.288. The highest BCUT2D eigenvalue weighted by Crippen LogP contribution is 2.25. The second-order valence-corrected chi connectivity index (χ2v) is 8.80. The highest BCUT2D eigenvalue weighted by Gasteiger charge is 2.15. The summed E-state index contributed by atoms with van der Waals surface area (Å²) in [4.78, 5) is 4.48. The van der Waals surface area contributed by atoms with Gasteiger partial charge in [0, 0.05) is 5.56 Å². The van der Waals surface area contributed by atoms with Crippen LogP contribution in [-0.4, -0.2) is 25.0 Å². The van der Waals surface area contributed by atoms with Gasteiger partial charge in [0.25, 0.3) is 0 Å². The summed E-state index contributed by atoms with van der Waals surface area (Å²) in [5, 5.41) is 12.9. The van der Waals surface area contributed by atoms with Gasteiger partial charge in [-0.1, -0.05) is 73.2 Å². The number of aromatic nitrogens is 5. The maximum atomic E-state index is 6.17. The first-order valence-corrected chi connectivity index (χ1v) is 11.3. The lowest BCUT2D eigenvalue weighted by Gasteiger charge is -2.11. The third-order valence-electron chi connectivity index (χ3n) is 5.12. The van der Waals surface area contributed by atoms with Gasteiger partial charge in [-0.25, -0.2) is 4.68 Å². The number of nitrogens with zero attached hydrogens (tertiary/aromatic N) is 5. The van der Waals surface area contributed by atoms with Crippen molar-refractivity contribution >= 4 is 11.8 Å². The Balaban J connectivity index is 1.37. The van der Waals surface area contributed by atoms with Gasteiger partial charge in [-0.05, 0) is 36.5 Å². The minimum absolute atomic E-state index is 0.229. The molecule has 0 spiro atoms. The fraction of sp³-hybridized carbons (Fsp3) is 0.304. The Morgan fingerprint density at radius 1 is 1.06 bits per heavy atom. The lowest BCUT2D eigenvalue weighted by atomic mass is 10.0. The summed E-state index contributed by atoms with van der Waals surface area (Å²) in [5.74, 6) is 9.51. The summed E-state index contributed by atoms with van der Waals surface area (Å²) in [6, 6.07) is 14.2. The van der Waals surface area contributed by atoms with Crippen LogP contribution in [0.5, 0.6) is 5.75 Å². The zero-order valence-electron chi connectivity index (χ0n) is 18.6. The van der Waals surface area contributed by atoms with E-state index in [0.29, 0.717) is 34.4 Å². The van der Waals surface area contributed by atoms with E-state index in [4.69, 9.17) is 15.1 Å². The molecule has 4 rings (SSSR count). The molecule has 0 saturated heterocycles. The third-order valence-corrected chi connectivity index (χ3v) is 6.05. The molecule has 0 atom stereocenters. The average Bonchev–Trinajstić information content (AvgIpc) is 3.39. The van der Waals surface area contributed by atoms with Gasteiger partial charge in [0.05, 0.1) is 5.75 Å². The van der Waals surface area contributed by atoms with Crippen molar-refractivity contribution in [3.8, 4) is 17.1 Å². The van der Waals surface area contributed by atoms with Crippen LogP contribution in [0.1, 0.15) is 48.2 Å². The van der Waals surface area contributed by atoms with Crippen molar-refractivity contribution in [2.45, 2.75) is 51.1 Å². The number of para-hydroxylation sites is 1. The fourth-order valence-corrected chi connectivity index (χ4v) is 3.95. The van der Waals surface area contributed by atoms with Gasteiger partial charge in [-0.15, -0.1) is 10.2 Å². The molecule has 4 aromatic rings. The van der Waals surface area contributed by atoms with Crippen LogP contribution in [0.3, 0.4) is 0 Å². The van der Waals surface area contributed by atoms with E-state index in [0.717, 1.165) is 22.4 Å². The van der Waals surface area contributed by atoms with Crippen LogP contribution in [0.2, 0.25) is 0 Å². The van der Waals surface area contributed by atoms with Crippen LogP contribution >= 0.6 is 11.8 Å². The molecule has 0 fully saturated rings. The van der Waals surface area contributed by atoms with Crippen LogP contribution in [0.15, 0.2) is 52.1 Å². The van der Waals surface area contributed by atoms with Crippen LogP contribution in [-0.2, 0) is 12.4 Å². The van der Waals surface area contributed by atoms with Crippen molar-refractivity contribution in [1.29, 1.82) is 0 Å². The minimum atomic E-state index is 0.229. The van der Waals surface area contributed by atoms with Gasteiger partial charge in [0.1, 0.15) is 12.4 Å². The molecule has 0 bridgehead atoms. The predicted molar refractivity (Wildman–Crippen MR) is 124 cm³/mol. The zero-order valence-corrected chi connectivity index (χ0v) is 19.4. The van der Waals surface area contributed by atoms with Crippen molar-refractivity contribution in [1.82, 2.24) is 25.0 Å². The summed E-state index contributed by atoms with van der Waals surface area (Å²) in [5.41, 5.74) is 4.32. The minimum Gasteiger partial charge on any atom is -0.485 e. The quantitative estimate of drug-likeness (QED) is 0.305. The third kappa shape index (κ3) is 4.77. The van der Waals surface area contributed by atoms with E-state index in [1.54, 1.807) is 0 Å². The van der Waals surface area contributed by atoms with Gasteiger partial charge in [-0.2, -0.15) is 4.98 Å². The van der Waals surface area contributed by atoms with Gasteiger partial charge >= 0.3 is 0 Å². The average molecular weight is 451 g/mol. The molecule has 2 N–H and O–H groups in total. The highest BCUT2D eigenvalue weighted by molar-refractivity contribution is 7.98. The number of hydrogen-bond acceptors (Lipinski definition) is 8. The van der Waals surface area contributed by atoms with Crippen LogP contribution in [0, 0.1) is 13.8 Å². The molecule has 0 unspecified atom stereocenters. The normalized spacial score (nSPS) is 11.3. The van der Waals surface area contributed by atoms with Gasteiger partial charge in [-0.3, -0.25) is 0 Å². The Morgan fingerprint density at radius 2 is 1.78 bits per heavy atom. The molecular formula is C23H26N6O2S. The maximum Gasteiger partial charge on any atom is 0.237 e. The van der Waals surface area contributed by atoms with Crippen molar-refractivity contribution < 1.29 is 9.26 Å². The van der Waals surface area contributed by atoms with Crippen molar-refractivity contribution in [2.24, 2.45) is 0 Å². The second kappa shape index (κ2) is 9.44. The summed E-state index contributed by atoms with van der Waals surface area (Å²) >= 11 is 1.38. The van der Waals surface area contributed by atoms with E-state index < -0.39 is 0 Å². The molecule has 166 valence electrons. The molecule has 2 aromatic carbocycles. The molecule has 0 amide bonds. The molecule has 0 radical (unpaired) electrons. The molecular weight excluding hydrogens is 424 g/mol. The Hall–Kier alpha value is -3.33. The topological polar surface area (TPSA) is 105 Å². The monoisotopic (exact) mass is 450 g/mol. The summed E-state index contributed by atoms with van der Waals surface area (Å²) < 4.78 is 12.8. The van der Waals surface area contributed by atoms with Crippen molar-refractivity contribution in [3.05, 3.63) is 70.9 Å². The molecule has 9 heteroatoms. The van der Waals surface area contributed by atoms with E-state index in [1.807, 2.05) is 44.2 Å². The number of rotatable bonds is 8. The Labute approximate surface area is 191 Å². The summed E-state index contributed by atoms with van der Waals surface area (Å²) in [6.07, 6.45) is 0. The van der Waals surface area contributed by atoms with E-state index in [-0.39, 0.29) is 6.61 Å². The van der Waals surface area contributed by atoms with Gasteiger partial charge in [0.15, 0.2) is 5.82 Å². The fourth-order valence-electron chi connectivity index (χ4n) is 3.24. The van der Waals surface area contributed by atoms with E-state index >= 15 is 0 Å². The number of nitrogen functional groups attached to an aromatic ring is 1. The first kappa shape index (κ1) is 21.9. The molecule has 0 aliphatic rings. The SMILES string of the molecule is Cc1cccc(C)c1OCc1nnc(SCc2nc(-c3ccc(C(C)C)cc3)no2)n1N. The molecule has 2 aromatic heterocycles. The maximum absolute atomic E-state index is 6.17. The Bertz CT molecular complexity index is 1180. The standard InChI is InChI=1S/C23H26N6O2S/c1-14(2)17-8-10-18(11-9-17)22-25-20(31-28-22)13-32-23-27-26-19(29(23)24)12-30-21-15(3)6-5-7-16(21)4/h5-11,14H,12-13,24H2,1-4H3. The molecule has 0 saturated carbocycles. The van der Waals surface area contributed by atoms with E-state index in [1.165, 1.54) is 22.0 Å². The summed E-state index contributed by atoms with van der Waals surface area (Å²) in [7, 11) is 0. The largest absolute Gasteiger partial charge is 0.485 e. The molecule has 2 heterocycles. The van der Waals surface area contributed by atoms with E-state index in [2.05, 4.69) is 46.3 Å². The van der Waals surface area contributed by atoms with Crippen molar-refractivity contribution in [3.63, 3.8) is 0 Å². The lowest BCUT2D eigenvalue weighted by Crippen LogP contribution is -2.16. The Morgan fingerprint density at radius 3 is 2.47 bits per heavy atom. The van der Waals surface area contributed by atoms with Crippen molar-refractivity contribution in [2.75, 3.05) is 5.84 Å². The number of ether oxygens (including phenoxy) is 1. The number of hydrogen-bond donors (Lipinski definition) is 1. The molecule has 8 nitrogen and oxygen atoms in total. The highest BCUT2D eigenvalue weighted by atomic mass is 32.2. The first-order chi connectivity index (χ1) is 15.4. The number of thioether (sulfide) groups is 1. The van der Waals surface area contributed by atoms with Gasteiger partial charge in [0.2, 0.25) is 16.9 Å². The first-order valence-electron chi connectivity index (χ1n) is 10.4. The Kier molecular flexibility index (Phi) is 6.45. The van der Waals surface area contributed by atoms with Crippen LogP contribution in [0.25, 0.3) is 11.4 Å². The smallest absolute Gasteiger partial charge is 0.237 e. The predicted octanol–water partition coefficient (Wildman–Crippen LogP) is 4.65. The van der Waals surface area contributed by atoms with Gasteiger partial charge < -0.3 is 15.1 Å². The second-order valence-electron chi connectivity index (χ2n) is 7.86. The molecule has 0 aliphatic carbocycles. The van der Waals surface area contributed by atoms with E-state index in [9.17, 15) is 0 Å². The van der Waals surface area contributed by atoms with Crippen LogP contribution in [0.4, 0.5) is 0 Å². The van der Waals surface area contributed by atoms with Crippen LogP contribution < -0.4 is 10.6 Å². The molecule has 32 heavy (non-hydrogen) atoms. The zero-order chi connectivity index (χ0) is 22.7. The summed E-state index contributed by atoms with van der Waals surface area (Å²) in [6.45, 7) is 8.57. The number of aryl methyl sites for hydroxylation is 2.